The molecule has 1 aliphatic rings. The molecule has 1 fully saturated rings. The van der Waals surface area contributed by atoms with Gasteiger partial charge in [0.05, 0.1) is 0 Å². The predicted octanol–water partition coefficient (Wildman–Crippen LogP) is 0.875. The van der Waals surface area contributed by atoms with E-state index in [1.807, 2.05) is 0 Å². The zero-order valence-corrected chi connectivity index (χ0v) is 9.43. The Morgan fingerprint density at radius 1 is 0.889 bits per heavy atom. The average molecular weight is 274 g/mol. The van der Waals surface area contributed by atoms with Crippen molar-refractivity contribution in [2.45, 2.75) is 19.0 Å². The smallest absolute Gasteiger partial charge is 0.339 e. The van der Waals surface area contributed by atoms with Crippen molar-refractivity contribution < 1.29 is 31.5 Å². The number of nitrogens with zero attached hydrogens (tertiary/aromatic N) is 2. The molecule has 2 amide bonds. The highest BCUT2D eigenvalue weighted by Gasteiger charge is 2.64. The van der Waals surface area contributed by atoms with Gasteiger partial charge in [0.1, 0.15) is 0 Å². The van der Waals surface area contributed by atoms with Crippen LogP contribution in [-0.4, -0.2) is 59.9 Å². The van der Waals surface area contributed by atoms with Gasteiger partial charge in [-0.1, -0.05) is 0 Å². The molecule has 104 valence electrons. The number of halogens is 5. The molecule has 18 heavy (non-hydrogen) atoms. The van der Waals surface area contributed by atoms with E-state index in [1.165, 1.54) is 11.8 Å². The fourth-order valence-electron chi connectivity index (χ4n) is 1.54. The number of carbonyl (C=O) groups excluding carboxylic acids is 2. The van der Waals surface area contributed by atoms with E-state index in [9.17, 15) is 31.5 Å². The third-order valence-electron chi connectivity index (χ3n) is 2.64. The molecule has 0 saturated carbocycles. The largest absolute Gasteiger partial charge is 0.463 e. The van der Waals surface area contributed by atoms with Crippen LogP contribution in [0.3, 0.4) is 0 Å². The van der Waals surface area contributed by atoms with Gasteiger partial charge in [-0.3, -0.25) is 9.59 Å². The van der Waals surface area contributed by atoms with Gasteiger partial charge in [0.25, 0.3) is 0 Å². The van der Waals surface area contributed by atoms with Crippen LogP contribution in [0.4, 0.5) is 22.0 Å². The van der Waals surface area contributed by atoms with E-state index in [2.05, 4.69) is 0 Å². The summed E-state index contributed by atoms with van der Waals surface area (Å²) in [7, 11) is 0. The molecule has 0 spiro atoms. The van der Waals surface area contributed by atoms with E-state index in [0.29, 0.717) is 4.90 Å². The Labute approximate surface area is 99.3 Å². The van der Waals surface area contributed by atoms with Crippen LogP contribution in [0.25, 0.3) is 0 Å². The van der Waals surface area contributed by atoms with Crippen LogP contribution in [0.1, 0.15) is 6.92 Å². The summed E-state index contributed by atoms with van der Waals surface area (Å²) in [5.74, 6) is -7.96. The lowest BCUT2D eigenvalue weighted by atomic mass is 10.2. The summed E-state index contributed by atoms with van der Waals surface area (Å²) in [5, 5.41) is 0. The lowest BCUT2D eigenvalue weighted by Crippen LogP contribution is -2.57. The fourth-order valence-corrected chi connectivity index (χ4v) is 1.54. The van der Waals surface area contributed by atoms with Crippen molar-refractivity contribution in [1.82, 2.24) is 9.80 Å². The molecule has 0 radical (unpaired) electrons. The highest BCUT2D eigenvalue weighted by Crippen LogP contribution is 2.37. The lowest BCUT2D eigenvalue weighted by molar-refractivity contribution is -0.274. The Morgan fingerprint density at radius 3 is 1.61 bits per heavy atom. The third kappa shape index (κ3) is 2.70. The number of rotatable bonds is 1. The topological polar surface area (TPSA) is 40.6 Å². The summed E-state index contributed by atoms with van der Waals surface area (Å²) < 4.78 is 61.5. The summed E-state index contributed by atoms with van der Waals surface area (Å²) in [5.41, 5.74) is 0. The third-order valence-corrected chi connectivity index (χ3v) is 2.64. The van der Waals surface area contributed by atoms with Crippen LogP contribution in [0, 0.1) is 0 Å². The van der Waals surface area contributed by atoms with Crippen molar-refractivity contribution in [2.24, 2.45) is 0 Å². The van der Waals surface area contributed by atoms with Crippen LogP contribution >= 0.6 is 0 Å². The molecular weight excluding hydrogens is 263 g/mol. The van der Waals surface area contributed by atoms with Gasteiger partial charge >= 0.3 is 18.0 Å². The maximum Gasteiger partial charge on any atom is 0.463 e. The van der Waals surface area contributed by atoms with Crippen molar-refractivity contribution in [1.29, 1.82) is 0 Å². The van der Waals surface area contributed by atoms with Gasteiger partial charge in [-0.15, -0.1) is 0 Å². The Morgan fingerprint density at radius 2 is 1.28 bits per heavy atom. The van der Waals surface area contributed by atoms with E-state index in [4.69, 9.17) is 0 Å². The van der Waals surface area contributed by atoms with Gasteiger partial charge in [0, 0.05) is 33.1 Å². The van der Waals surface area contributed by atoms with Crippen molar-refractivity contribution >= 4 is 11.8 Å². The Balaban J connectivity index is 2.69. The summed E-state index contributed by atoms with van der Waals surface area (Å²) >= 11 is 0. The van der Waals surface area contributed by atoms with Crippen molar-refractivity contribution in [3.05, 3.63) is 0 Å². The molecule has 1 saturated heterocycles. The van der Waals surface area contributed by atoms with E-state index in [-0.39, 0.29) is 32.1 Å². The number of amides is 2. The van der Waals surface area contributed by atoms with Gasteiger partial charge in [-0.05, 0) is 0 Å². The van der Waals surface area contributed by atoms with Gasteiger partial charge in [0.2, 0.25) is 5.91 Å². The van der Waals surface area contributed by atoms with Crippen LogP contribution in [0.15, 0.2) is 0 Å². The second-order valence-corrected chi connectivity index (χ2v) is 3.87. The first-order chi connectivity index (χ1) is 8.07. The van der Waals surface area contributed by atoms with Gasteiger partial charge < -0.3 is 9.80 Å². The molecule has 0 aromatic carbocycles. The highest BCUT2D eigenvalue weighted by atomic mass is 19.4. The van der Waals surface area contributed by atoms with E-state index >= 15 is 0 Å². The average Bonchev–Trinajstić information content (AvgIpc) is 2.26. The van der Waals surface area contributed by atoms with Crippen molar-refractivity contribution in [2.75, 3.05) is 26.2 Å². The second kappa shape index (κ2) is 4.69. The minimum atomic E-state index is -5.90. The Hall–Kier alpha value is -1.41. The second-order valence-electron chi connectivity index (χ2n) is 3.87. The fraction of sp³-hybridized carbons (Fsp3) is 0.778. The summed E-state index contributed by atoms with van der Waals surface area (Å²) in [4.78, 5) is 23.7. The highest BCUT2D eigenvalue weighted by molar-refractivity contribution is 5.84. The lowest BCUT2D eigenvalue weighted by Gasteiger charge is -2.35. The molecule has 0 unspecified atom stereocenters. The number of hydrogen-bond donors (Lipinski definition) is 0. The summed E-state index contributed by atoms with van der Waals surface area (Å²) in [6, 6.07) is 0. The minimum Gasteiger partial charge on any atom is -0.339 e. The molecule has 0 atom stereocenters. The van der Waals surface area contributed by atoms with E-state index in [1.54, 1.807) is 0 Å². The molecular formula is C9H11F5N2O2. The predicted molar refractivity (Wildman–Crippen MR) is 49.8 cm³/mol. The standard InChI is InChI=1S/C9H11F5N2O2/c1-6(17)15-2-4-16(5-3-15)7(18)8(10,11)9(12,13)14/h2-5H2,1H3. The van der Waals surface area contributed by atoms with Crippen molar-refractivity contribution in [3.63, 3.8) is 0 Å². The number of carbonyl (C=O) groups is 2. The molecule has 0 aliphatic carbocycles. The molecule has 0 bridgehead atoms. The molecule has 4 nitrogen and oxygen atoms in total. The van der Waals surface area contributed by atoms with Crippen molar-refractivity contribution in [3.8, 4) is 0 Å². The van der Waals surface area contributed by atoms with Crippen LogP contribution < -0.4 is 0 Å². The van der Waals surface area contributed by atoms with E-state index in [0.717, 1.165) is 0 Å². The summed E-state index contributed by atoms with van der Waals surface area (Å²) in [6.45, 7) is 0.500. The molecule has 1 aliphatic heterocycles. The molecule has 0 aromatic heterocycles. The zero-order valence-electron chi connectivity index (χ0n) is 9.43. The quantitative estimate of drug-likeness (QED) is 0.666. The van der Waals surface area contributed by atoms with Crippen LogP contribution in [-0.2, 0) is 9.59 Å². The van der Waals surface area contributed by atoms with Crippen LogP contribution in [0.5, 0.6) is 0 Å². The normalized spacial score (nSPS) is 17.9. The van der Waals surface area contributed by atoms with E-state index < -0.39 is 18.0 Å². The van der Waals surface area contributed by atoms with Gasteiger partial charge in [-0.25, -0.2) is 0 Å². The minimum absolute atomic E-state index is 0.0466. The Bertz CT molecular complexity index is 347. The number of alkyl halides is 5. The van der Waals surface area contributed by atoms with Gasteiger partial charge in [0.15, 0.2) is 0 Å². The first kappa shape index (κ1) is 14.7. The van der Waals surface area contributed by atoms with Gasteiger partial charge in [-0.2, -0.15) is 22.0 Å². The summed E-state index contributed by atoms with van der Waals surface area (Å²) in [6.07, 6.45) is -5.90. The molecule has 1 rings (SSSR count). The monoisotopic (exact) mass is 274 g/mol. The van der Waals surface area contributed by atoms with Crippen LogP contribution in [0.2, 0.25) is 0 Å². The first-order valence-electron chi connectivity index (χ1n) is 5.07. The first-order valence-corrected chi connectivity index (χ1v) is 5.07. The number of piperazine rings is 1. The SMILES string of the molecule is CC(=O)N1CCN(C(=O)C(F)(F)C(F)(F)F)CC1. The Kier molecular flexibility index (Phi) is 3.82. The zero-order chi connectivity index (χ0) is 14.1. The maximum absolute atomic E-state index is 12.8. The molecule has 0 aromatic rings. The molecule has 0 N–H and O–H groups in total. The maximum atomic E-state index is 12.8. The molecule has 9 heteroatoms. The molecule has 1 heterocycles. The number of hydrogen-bond acceptors (Lipinski definition) is 2.